The summed E-state index contributed by atoms with van der Waals surface area (Å²) in [4.78, 5) is 22.9. The maximum atomic E-state index is 11.5. The SMILES string of the molecule is COc1c(C(N)=O)ccc(NCCNc2ccc3c(=O)[nH]oc3c2N)c1N. The zero-order chi connectivity index (χ0) is 19.6. The topological polar surface area (TPSA) is 174 Å². The van der Waals surface area contributed by atoms with Crippen molar-refractivity contribution in [3.8, 4) is 5.75 Å². The molecule has 0 atom stereocenters. The number of carbonyl (C=O) groups excluding carboxylic acids is 1. The van der Waals surface area contributed by atoms with Crippen molar-refractivity contribution in [2.75, 3.05) is 42.3 Å². The normalized spacial score (nSPS) is 10.7. The number of aromatic nitrogens is 1. The summed E-state index contributed by atoms with van der Waals surface area (Å²) in [6.45, 7) is 1.00. The van der Waals surface area contributed by atoms with Gasteiger partial charge < -0.3 is 37.1 Å². The average molecular weight is 372 g/mol. The Hall–Kier alpha value is -3.82. The molecule has 0 spiro atoms. The summed E-state index contributed by atoms with van der Waals surface area (Å²) in [5.74, 6) is -0.383. The van der Waals surface area contributed by atoms with Crippen molar-refractivity contribution in [3.05, 3.63) is 40.2 Å². The summed E-state index contributed by atoms with van der Waals surface area (Å²) < 4.78 is 10.3. The summed E-state index contributed by atoms with van der Waals surface area (Å²) in [5, 5.41) is 8.95. The lowest BCUT2D eigenvalue weighted by Gasteiger charge is -2.15. The van der Waals surface area contributed by atoms with Gasteiger partial charge in [0.05, 0.1) is 35.1 Å². The van der Waals surface area contributed by atoms with Gasteiger partial charge in [0.2, 0.25) is 0 Å². The van der Waals surface area contributed by atoms with Gasteiger partial charge in [-0.1, -0.05) is 0 Å². The number of fused-ring (bicyclic) bond motifs is 1. The Balaban J connectivity index is 1.66. The van der Waals surface area contributed by atoms with Gasteiger partial charge in [-0.2, -0.15) is 5.16 Å². The molecule has 0 fully saturated rings. The van der Waals surface area contributed by atoms with Crippen molar-refractivity contribution in [2.24, 2.45) is 5.73 Å². The lowest BCUT2D eigenvalue weighted by Crippen LogP contribution is -2.17. The van der Waals surface area contributed by atoms with Gasteiger partial charge in [-0.3, -0.25) is 9.59 Å². The van der Waals surface area contributed by atoms with E-state index in [1.807, 2.05) is 0 Å². The van der Waals surface area contributed by atoms with Crippen LogP contribution in [0.3, 0.4) is 0 Å². The standard InChI is InChI=1S/C17H20N6O4/c1-26-14-8(16(20)24)2-4-10(12(14)18)21-6-7-22-11-5-3-9-15(13(11)19)27-23-17(9)25/h2-5,21-22H,6-7,18-19H2,1H3,(H2,20,24)(H,23,25). The number of carbonyl (C=O) groups is 1. The number of aromatic amines is 1. The number of rotatable bonds is 7. The summed E-state index contributed by atoms with van der Waals surface area (Å²) >= 11 is 0. The van der Waals surface area contributed by atoms with E-state index < -0.39 is 5.91 Å². The van der Waals surface area contributed by atoms with Gasteiger partial charge in [-0.25, -0.2) is 0 Å². The first-order valence-corrected chi connectivity index (χ1v) is 8.07. The molecule has 142 valence electrons. The fraction of sp³-hybridized carbons (Fsp3) is 0.176. The van der Waals surface area contributed by atoms with Crippen LogP contribution in [0.15, 0.2) is 33.6 Å². The van der Waals surface area contributed by atoms with Crippen LogP contribution in [0.25, 0.3) is 11.0 Å². The average Bonchev–Trinajstić information content (AvgIpc) is 3.02. The number of anilines is 4. The van der Waals surface area contributed by atoms with Crippen molar-refractivity contribution in [2.45, 2.75) is 0 Å². The van der Waals surface area contributed by atoms with Crippen LogP contribution in [0.4, 0.5) is 22.7 Å². The molecule has 0 unspecified atom stereocenters. The van der Waals surface area contributed by atoms with Gasteiger partial charge in [0, 0.05) is 13.1 Å². The van der Waals surface area contributed by atoms with Crippen molar-refractivity contribution < 1.29 is 14.1 Å². The van der Waals surface area contributed by atoms with E-state index in [0.29, 0.717) is 46.8 Å². The molecule has 10 nitrogen and oxygen atoms in total. The van der Waals surface area contributed by atoms with E-state index in [1.165, 1.54) is 7.11 Å². The molecule has 1 aromatic heterocycles. The van der Waals surface area contributed by atoms with E-state index in [9.17, 15) is 9.59 Å². The first-order chi connectivity index (χ1) is 12.9. The lowest BCUT2D eigenvalue weighted by molar-refractivity contribution is 0.0997. The third kappa shape index (κ3) is 3.32. The Bertz CT molecular complexity index is 1060. The molecular formula is C17H20N6O4. The summed E-state index contributed by atoms with van der Waals surface area (Å²) in [6, 6.07) is 6.55. The molecule has 0 aliphatic heterocycles. The van der Waals surface area contributed by atoms with E-state index in [4.69, 9.17) is 26.5 Å². The van der Waals surface area contributed by atoms with Gasteiger partial charge in [-0.15, -0.1) is 0 Å². The minimum Gasteiger partial charge on any atom is -0.494 e. The van der Waals surface area contributed by atoms with Gasteiger partial charge >= 0.3 is 0 Å². The summed E-state index contributed by atoms with van der Waals surface area (Å²) in [7, 11) is 1.42. The number of amides is 1. The van der Waals surface area contributed by atoms with E-state index in [0.717, 1.165) is 0 Å². The highest BCUT2D eigenvalue weighted by Gasteiger charge is 2.15. The fourth-order valence-corrected chi connectivity index (χ4v) is 2.76. The van der Waals surface area contributed by atoms with Crippen LogP contribution >= 0.6 is 0 Å². The molecule has 3 rings (SSSR count). The number of ether oxygens (including phenoxy) is 1. The zero-order valence-electron chi connectivity index (χ0n) is 14.6. The van der Waals surface area contributed by atoms with Gasteiger partial charge in [-0.05, 0) is 24.3 Å². The van der Waals surface area contributed by atoms with E-state index in [-0.39, 0.29) is 16.9 Å². The van der Waals surface area contributed by atoms with Crippen molar-refractivity contribution in [1.82, 2.24) is 5.16 Å². The zero-order valence-corrected chi connectivity index (χ0v) is 14.6. The molecule has 0 radical (unpaired) electrons. The van der Waals surface area contributed by atoms with Crippen LogP contribution in [0.5, 0.6) is 5.75 Å². The lowest BCUT2D eigenvalue weighted by atomic mass is 10.1. The number of methoxy groups -OCH3 is 1. The number of hydrogen-bond donors (Lipinski definition) is 6. The van der Waals surface area contributed by atoms with Crippen LogP contribution in [-0.4, -0.2) is 31.3 Å². The quantitative estimate of drug-likeness (QED) is 0.262. The monoisotopic (exact) mass is 372 g/mol. The van der Waals surface area contributed by atoms with E-state index in [2.05, 4.69) is 15.8 Å². The molecule has 27 heavy (non-hydrogen) atoms. The molecule has 1 heterocycles. The Kier molecular flexibility index (Phi) is 4.79. The summed E-state index contributed by atoms with van der Waals surface area (Å²) in [6.07, 6.45) is 0. The second-order valence-electron chi connectivity index (χ2n) is 5.76. The third-order valence-corrected chi connectivity index (χ3v) is 4.11. The van der Waals surface area contributed by atoms with Crippen LogP contribution < -0.4 is 38.1 Å². The highest BCUT2D eigenvalue weighted by Crippen LogP contribution is 2.33. The maximum Gasteiger partial charge on any atom is 0.287 e. The molecule has 0 aliphatic rings. The van der Waals surface area contributed by atoms with E-state index in [1.54, 1.807) is 24.3 Å². The molecule has 3 aromatic rings. The van der Waals surface area contributed by atoms with Gasteiger partial charge in [0.25, 0.3) is 11.5 Å². The number of nitrogens with one attached hydrogen (secondary N) is 3. The molecule has 0 saturated carbocycles. The molecule has 1 amide bonds. The maximum absolute atomic E-state index is 11.5. The smallest absolute Gasteiger partial charge is 0.287 e. The Morgan fingerprint density at radius 2 is 1.74 bits per heavy atom. The molecule has 0 saturated heterocycles. The van der Waals surface area contributed by atoms with Crippen LogP contribution in [0.2, 0.25) is 0 Å². The van der Waals surface area contributed by atoms with Crippen LogP contribution in [0, 0.1) is 0 Å². The Morgan fingerprint density at radius 3 is 2.37 bits per heavy atom. The van der Waals surface area contributed by atoms with E-state index >= 15 is 0 Å². The number of benzene rings is 2. The van der Waals surface area contributed by atoms with Crippen LogP contribution in [0.1, 0.15) is 10.4 Å². The molecule has 9 N–H and O–H groups in total. The fourth-order valence-electron chi connectivity index (χ4n) is 2.76. The van der Waals surface area contributed by atoms with Crippen molar-refractivity contribution in [1.29, 1.82) is 0 Å². The van der Waals surface area contributed by atoms with Gasteiger partial charge in [0.1, 0.15) is 5.69 Å². The molecule has 0 aliphatic carbocycles. The molecule has 2 aromatic carbocycles. The minimum atomic E-state index is -0.617. The largest absolute Gasteiger partial charge is 0.494 e. The second kappa shape index (κ2) is 7.20. The Labute approximate surface area is 153 Å². The minimum absolute atomic E-state index is 0.216. The highest BCUT2D eigenvalue weighted by atomic mass is 16.5. The highest BCUT2D eigenvalue weighted by molar-refractivity contribution is 5.99. The van der Waals surface area contributed by atoms with Crippen LogP contribution in [-0.2, 0) is 0 Å². The predicted molar refractivity (Wildman–Crippen MR) is 104 cm³/mol. The Morgan fingerprint density at radius 1 is 1.11 bits per heavy atom. The summed E-state index contributed by atoms with van der Waals surface area (Å²) in [5.41, 5.74) is 19.4. The number of primary amides is 1. The number of nitrogens with two attached hydrogens (primary N) is 3. The third-order valence-electron chi connectivity index (χ3n) is 4.11. The molecular weight excluding hydrogens is 352 g/mol. The van der Waals surface area contributed by atoms with Crippen molar-refractivity contribution >= 4 is 39.6 Å². The first-order valence-electron chi connectivity index (χ1n) is 8.07. The van der Waals surface area contributed by atoms with Gasteiger partial charge in [0.15, 0.2) is 11.3 Å². The first kappa shape index (κ1) is 18.0. The van der Waals surface area contributed by atoms with Crippen molar-refractivity contribution in [3.63, 3.8) is 0 Å². The second-order valence-corrected chi connectivity index (χ2v) is 5.76. The number of H-pyrrole nitrogens is 1. The number of hydrogen-bond acceptors (Lipinski definition) is 8. The molecule has 10 heteroatoms. The molecule has 0 bridgehead atoms. The number of nitrogen functional groups attached to an aromatic ring is 2. The predicted octanol–water partition coefficient (Wildman–Crippen LogP) is 0.917.